The van der Waals surface area contributed by atoms with Crippen molar-refractivity contribution in [1.82, 2.24) is 4.57 Å². The van der Waals surface area contributed by atoms with Crippen molar-refractivity contribution < 1.29 is 0 Å². The number of rotatable bonds is 11. The number of benzene rings is 20. The fourth-order valence-corrected chi connectivity index (χ4v) is 25.5. The molecule has 0 bridgehead atoms. The fraction of sp³-hybridized carbons (Fsp3) is 0.123. The van der Waals surface area contributed by atoms with E-state index in [-0.39, 0.29) is 21.7 Å². The first kappa shape index (κ1) is 88.0. The summed E-state index contributed by atoms with van der Waals surface area (Å²) in [6, 6.07) is 171. The Morgan fingerprint density at radius 3 is 1.12 bits per heavy atom. The molecule has 0 fully saturated rings. The smallest absolute Gasteiger partial charge is 0.252 e. The normalized spacial score (nSPS) is 13.7. The molecular weight excluding hydrogens is 1760 g/mol. The van der Waals surface area contributed by atoms with Gasteiger partial charge in [0.2, 0.25) is 0 Å². The van der Waals surface area contributed by atoms with Crippen LogP contribution in [0.2, 0.25) is 0 Å². The van der Waals surface area contributed by atoms with E-state index in [1.807, 2.05) is 6.07 Å². The molecule has 0 N–H and O–H groups in total. The van der Waals surface area contributed by atoms with Gasteiger partial charge < -0.3 is 24.2 Å². The van der Waals surface area contributed by atoms with Crippen molar-refractivity contribution >= 4 is 136 Å². The lowest BCUT2D eigenvalue weighted by Crippen LogP contribution is -2.65. The Morgan fingerprint density at radius 2 is 0.610 bits per heavy atom. The first-order chi connectivity index (χ1) is 71.0. The monoisotopic (exact) mass is 1870 g/mol. The number of fused-ring (bicyclic) bond motifs is 21. The van der Waals surface area contributed by atoms with Gasteiger partial charge in [0.1, 0.15) is 0 Å². The van der Waals surface area contributed by atoms with Crippen molar-refractivity contribution in [2.24, 2.45) is 0 Å². The van der Waals surface area contributed by atoms with E-state index in [9.17, 15) is 5.26 Å². The molecule has 6 nitrogen and oxygen atoms in total. The van der Waals surface area contributed by atoms with Gasteiger partial charge in [-0.15, -0.1) is 0 Å². The largest absolute Gasteiger partial charge is 0.311 e. The molecule has 20 aromatic carbocycles. The molecule has 0 radical (unpaired) electrons. The minimum atomic E-state index is -0.720. The van der Waals surface area contributed by atoms with Crippen LogP contribution in [-0.4, -0.2) is 18.0 Å². The lowest BCUT2D eigenvalue weighted by Gasteiger charge is -2.48. The van der Waals surface area contributed by atoms with Gasteiger partial charge in [-0.25, -0.2) is 0 Å². The summed E-state index contributed by atoms with van der Waals surface area (Å²) in [5, 5.41) is 13.0. The van der Waals surface area contributed by atoms with Crippen LogP contribution in [0.5, 0.6) is 0 Å². The highest BCUT2D eigenvalue weighted by molar-refractivity contribution is 7.03. The SMILES string of the molecule is CC(C)(C)c1cccc(N2c3cc4c(cc3B3c5ccccc5N(c5c(-c6ccccc6)cc(C(C)(C)C)cc5-c5ccccc5)c5cc(-n6c7ccccc7c7cc(C#N)ccc76)cc2c53)B2c3ccccc3N(c3ccc(C(C)(C)C)cc3-c3ccccc3)c3cc(-c5cccc6c5C5(c7ccccc7-c7ccccc75)c5ccccc5-6)cc(c32)N4c2c(-c3ccccc3)cc(C(C)(C)C)cc2-c2ccccc2)c1. The zero-order valence-corrected chi connectivity index (χ0v) is 84.4. The molecule has 696 valence electrons. The van der Waals surface area contributed by atoms with Gasteiger partial charge in [0.05, 0.1) is 50.8 Å². The van der Waals surface area contributed by atoms with Crippen LogP contribution in [0.3, 0.4) is 0 Å². The van der Waals surface area contributed by atoms with Crippen LogP contribution in [0, 0.1) is 11.3 Å². The van der Waals surface area contributed by atoms with Gasteiger partial charge in [-0.2, -0.15) is 5.26 Å². The Morgan fingerprint density at radius 1 is 0.226 bits per heavy atom. The van der Waals surface area contributed by atoms with Crippen molar-refractivity contribution in [3.8, 4) is 101 Å². The first-order valence-electron chi connectivity index (χ1n) is 51.6. The van der Waals surface area contributed by atoms with Gasteiger partial charge in [0.15, 0.2) is 0 Å². The lowest BCUT2D eigenvalue weighted by atomic mass is 9.30. The van der Waals surface area contributed by atoms with Gasteiger partial charge in [-0.1, -0.05) is 405 Å². The molecule has 8 heteroatoms. The topological polar surface area (TPSA) is 41.7 Å². The van der Waals surface area contributed by atoms with Crippen LogP contribution in [0.1, 0.15) is 133 Å². The number of nitriles is 1. The van der Waals surface area contributed by atoms with E-state index in [4.69, 9.17) is 0 Å². The predicted molar refractivity (Wildman–Crippen MR) is 617 cm³/mol. The molecule has 21 aromatic rings. The lowest BCUT2D eigenvalue weighted by molar-refractivity contribution is 0.590. The summed E-state index contributed by atoms with van der Waals surface area (Å²) in [4.78, 5) is 10.9. The Bertz CT molecular complexity index is 8890. The Balaban J connectivity index is 0.839. The number of hydrogen-bond acceptors (Lipinski definition) is 5. The Labute approximate surface area is 857 Å². The zero-order chi connectivity index (χ0) is 98.9. The molecule has 0 saturated heterocycles. The molecular formula is C138H108B2N6. The van der Waals surface area contributed by atoms with E-state index in [2.05, 4.69) is 544 Å². The highest BCUT2D eigenvalue weighted by atomic mass is 15.2. The van der Waals surface area contributed by atoms with Crippen LogP contribution >= 0.6 is 0 Å². The number of para-hydroxylation sites is 3. The minimum Gasteiger partial charge on any atom is -0.311 e. The summed E-state index contributed by atoms with van der Waals surface area (Å²) in [5.41, 5.74) is 50.6. The summed E-state index contributed by atoms with van der Waals surface area (Å²) >= 11 is 0. The van der Waals surface area contributed by atoms with Crippen LogP contribution in [0.4, 0.5) is 68.2 Å². The number of aromatic nitrogens is 1. The van der Waals surface area contributed by atoms with E-state index in [1.54, 1.807) is 0 Å². The van der Waals surface area contributed by atoms with Crippen molar-refractivity contribution in [3.05, 3.63) is 487 Å². The maximum absolute atomic E-state index is 10.9. The van der Waals surface area contributed by atoms with Crippen molar-refractivity contribution in [3.63, 3.8) is 0 Å². The number of nitrogens with zero attached hydrogens (tertiary/aromatic N) is 6. The molecule has 27 rings (SSSR count). The van der Waals surface area contributed by atoms with E-state index >= 15 is 0 Å². The molecule has 4 aliphatic heterocycles. The molecule has 0 saturated carbocycles. The Kier molecular flexibility index (Phi) is 19.8. The van der Waals surface area contributed by atoms with Crippen molar-refractivity contribution in [2.75, 3.05) is 19.6 Å². The van der Waals surface area contributed by atoms with Crippen LogP contribution in [0.15, 0.2) is 437 Å². The third-order valence-electron chi connectivity index (χ3n) is 32.3. The van der Waals surface area contributed by atoms with Gasteiger partial charge in [-0.3, -0.25) is 0 Å². The van der Waals surface area contributed by atoms with E-state index in [0.29, 0.717) is 5.56 Å². The van der Waals surface area contributed by atoms with Gasteiger partial charge in [0.25, 0.3) is 13.4 Å². The average Bonchev–Trinajstić information content (AvgIpc) is 1.44. The molecule has 146 heavy (non-hydrogen) atoms. The van der Waals surface area contributed by atoms with Gasteiger partial charge in [-0.05, 0) is 275 Å². The standard InChI is InChI=1S/C138H108B2N6/c1-134(2,3)93-52-40-53-97(75-93)142-123-84-124-117(83-116(123)140-115-64-36-39-67-122(115)145(132-106(88-44-20-14-21-45-88)77-95(136(7,8)9)78-107(132)89-46-22-15-23-47-89)128-82-98(81-127(142)131(128)140)143-118-65-37-31-57-103(118)110-72-86(85-141)68-70-120(110)143)139-114-63-35-38-66-121(114)144(119-71-69-94(135(4,5)6)76-105(119)87-42-18-13-19-43-87)125-73-92(99-58-41-59-104-102-56-30-34-62-113(102)138(129(99)104)111-60-32-28-54-100(111)101-55-29-33-61-112(101)138)74-126(130(125)139)146(124)133-108(90-48-24-16-25-49-90)79-96(137(10,11)12)80-109(133)91-50-26-17-27-51-91/h13-84H,1-12H3. The maximum atomic E-state index is 10.9. The van der Waals surface area contributed by atoms with Crippen molar-refractivity contribution in [1.29, 1.82) is 5.26 Å². The predicted octanol–water partition coefficient (Wildman–Crippen LogP) is 32.4. The maximum Gasteiger partial charge on any atom is 0.252 e. The van der Waals surface area contributed by atoms with Crippen LogP contribution in [0.25, 0.3) is 117 Å². The summed E-state index contributed by atoms with van der Waals surface area (Å²) in [5.74, 6) is 0. The third-order valence-corrected chi connectivity index (χ3v) is 32.3. The van der Waals surface area contributed by atoms with Gasteiger partial charge in [0, 0.05) is 89.8 Å². The molecule has 0 unspecified atom stereocenters. The second-order valence-electron chi connectivity index (χ2n) is 44.9. The van der Waals surface area contributed by atoms with E-state index in [1.165, 1.54) is 105 Å². The molecule has 0 atom stereocenters. The second kappa shape index (κ2) is 32.8. The number of hydrogen-bond donors (Lipinski definition) is 0. The Hall–Kier alpha value is -17.0. The van der Waals surface area contributed by atoms with Crippen LogP contribution in [-0.2, 0) is 27.1 Å². The third kappa shape index (κ3) is 13.3. The highest BCUT2D eigenvalue weighted by Crippen LogP contribution is 2.66. The summed E-state index contributed by atoms with van der Waals surface area (Å²) in [7, 11) is 0. The van der Waals surface area contributed by atoms with Crippen molar-refractivity contribution in [2.45, 2.75) is 110 Å². The second-order valence-corrected chi connectivity index (χ2v) is 44.9. The van der Waals surface area contributed by atoms with E-state index in [0.717, 1.165) is 157 Å². The van der Waals surface area contributed by atoms with Crippen LogP contribution < -0.4 is 52.4 Å². The fourth-order valence-electron chi connectivity index (χ4n) is 25.5. The first-order valence-corrected chi connectivity index (χ1v) is 51.6. The minimum absolute atomic E-state index is 0.195. The highest BCUT2D eigenvalue weighted by Gasteiger charge is 2.55. The summed E-state index contributed by atoms with van der Waals surface area (Å²) in [6.07, 6.45) is 0. The summed E-state index contributed by atoms with van der Waals surface area (Å²) in [6.45, 7) is 27.5. The molecule has 2 aliphatic carbocycles. The van der Waals surface area contributed by atoms with E-state index < -0.39 is 18.8 Å². The molecule has 6 aliphatic rings. The van der Waals surface area contributed by atoms with Gasteiger partial charge >= 0.3 is 0 Å². The molecule has 1 aromatic heterocycles. The average molecular weight is 1870 g/mol. The number of anilines is 12. The summed E-state index contributed by atoms with van der Waals surface area (Å²) < 4.78 is 2.49. The molecule has 0 amide bonds. The molecule has 5 heterocycles. The quantitative estimate of drug-likeness (QED) is 0.121. The zero-order valence-electron chi connectivity index (χ0n) is 84.4. The molecule has 1 spiro atoms.